The molecule has 0 saturated heterocycles. The van der Waals surface area contributed by atoms with Crippen LogP contribution in [-0.4, -0.2) is 19.9 Å². The summed E-state index contributed by atoms with van der Waals surface area (Å²) in [6.07, 6.45) is 1.38. The second kappa shape index (κ2) is 6.80. The Labute approximate surface area is 138 Å². The smallest absolute Gasteiger partial charge is 0.261 e. The van der Waals surface area contributed by atoms with Crippen molar-refractivity contribution in [3.63, 3.8) is 0 Å². The number of hydrogen-bond acceptors (Lipinski definition) is 4. The number of nitro benzene ring substituents is 1. The van der Waals surface area contributed by atoms with Crippen LogP contribution in [-0.2, 0) is 10.0 Å². The number of nitrogens with zero attached hydrogens (tertiary/aromatic N) is 2. The lowest BCUT2D eigenvalue weighted by Crippen LogP contribution is -2.31. The van der Waals surface area contributed by atoms with Gasteiger partial charge in [0.15, 0.2) is 0 Å². The third kappa shape index (κ3) is 3.52. The van der Waals surface area contributed by atoms with E-state index in [-0.39, 0.29) is 27.8 Å². The van der Waals surface area contributed by atoms with Gasteiger partial charge >= 0.3 is 0 Å². The zero-order chi connectivity index (χ0) is 17.0. The van der Waals surface area contributed by atoms with E-state index in [0.717, 1.165) is 10.4 Å². The van der Waals surface area contributed by atoms with Crippen LogP contribution in [0.15, 0.2) is 66.1 Å². The van der Waals surface area contributed by atoms with E-state index in [1.165, 1.54) is 30.3 Å². The molecule has 23 heavy (non-hydrogen) atoms. The molecule has 0 aliphatic carbocycles. The van der Waals surface area contributed by atoms with Crippen LogP contribution >= 0.6 is 11.6 Å². The molecule has 8 heteroatoms. The molecule has 2 aromatic rings. The van der Waals surface area contributed by atoms with Gasteiger partial charge in [0.25, 0.3) is 15.7 Å². The van der Waals surface area contributed by atoms with Crippen LogP contribution in [0.25, 0.3) is 0 Å². The summed E-state index contributed by atoms with van der Waals surface area (Å²) in [4.78, 5) is 10.4. The fourth-order valence-corrected chi connectivity index (χ4v) is 3.71. The Kier molecular flexibility index (Phi) is 5.02. The van der Waals surface area contributed by atoms with Crippen LogP contribution in [0.2, 0.25) is 5.02 Å². The zero-order valence-corrected chi connectivity index (χ0v) is 13.5. The minimum Gasteiger partial charge on any atom is -0.261 e. The van der Waals surface area contributed by atoms with E-state index in [1.54, 1.807) is 18.2 Å². The van der Waals surface area contributed by atoms with Crippen molar-refractivity contribution < 1.29 is 13.3 Å². The fraction of sp³-hybridized carbons (Fsp3) is 0.0667. The molecule has 0 amide bonds. The largest absolute Gasteiger partial charge is 0.271 e. The Hall–Kier alpha value is -2.38. The highest BCUT2D eigenvalue weighted by atomic mass is 35.5. The predicted molar refractivity (Wildman–Crippen MR) is 89.3 cm³/mol. The maximum atomic E-state index is 12.8. The molecule has 0 atom stereocenters. The maximum absolute atomic E-state index is 12.8. The minimum atomic E-state index is -3.93. The molecule has 2 aromatic carbocycles. The van der Waals surface area contributed by atoms with Gasteiger partial charge in [-0.25, -0.2) is 8.42 Å². The van der Waals surface area contributed by atoms with E-state index < -0.39 is 14.9 Å². The lowest BCUT2D eigenvalue weighted by molar-refractivity contribution is -0.384. The Morgan fingerprint density at radius 3 is 2.43 bits per heavy atom. The number of rotatable bonds is 6. The molecule has 0 aliphatic heterocycles. The lowest BCUT2D eigenvalue weighted by atomic mass is 10.3. The summed E-state index contributed by atoms with van der Waals surface area (Å²) in [6.45, 7) is 3.47. The van der Waals surface area contributed by atoms with E-state index in [1.807, 2.05) is 0 Å². The van der Waals surface area contributed by atoms with Gasteiger partial charge in [-0.05, 0) is 18.2 Å². The summed E-state index contributed by atoms with van der Waals surface area (Å²) in [7, 11) is -3.93. The Balaban J connectivity index is 2.62. The number of halogens is 1. The molecule has 0 N–H and O–H groups in total. The first kappa shape index (κ1) is 17.0. The molecule has 0 heterocycles. The number of anilines is 1. The first-order valence-corrected chi connectivity index (χ1v) is 8.32. The first-order chi connectivity index (χ1) is 10.9. The Bertz CT molecular complexity index is 838. The number of sulfonamides is 1. The minimum absolute atomic E-state index is 0.0321. The molecular weight excluding hydrogens is 340 g/mol. The number of nitro groups is 1. The molecule has 0 bridgehead atoms. The van der Waals surface area contributed by atoms with Gasteiger partial charge in [-0.3, -0.25) is 14.4 Å². The molecule has 0 aromatic heterocycles. The van der Waals surface area contributed by atoms with Crippen molar-refractivity contribution in [3.8, 4) is 0 Å². The van der Waals surface area contributed by atoms with E-state index in [9.17, 15) is 18.5 Å². The van der Waals surface area contributed by atoms with E-state index >= 15 is 0 Å². The summed E-state index contributed by atoms with van der Waals surface area (Å²) in [5.41, 5.74) is -0.216. The van der Waals surface area contributed by atoms with Crippen molar-refractivity contribution in [1.82, 2.24) is 0 Å². The van der Waals surface area contributed by atoms with Gasteiger partial charge in [-0.1, -0.05) is 35.9 Å². The summed E-state index contributed by atoms with van der Waals surface area (Å²) < 4.78 is 26.6. The average molecular weight is 353 g/mol. The number of benzene rings is 2. The van der Waals surface area contributed by atoms with Gasteiger partial charge < -0.3 is 0 Å². The van der Waals surface area contributed by atoms with E-state index in [4.69, 9.17) is 11.6 Å². The standard InChI is InChI=1S/C15H13ClN2O4S/c1-2-10-17(23(21,22)13-6-4-3-5-7-13)15-11-12(18(19)20)8-9-14(15)16/h2-9,11H,1,10H2. The summed E-state index contributed by atoms with van der Waals surface area (Å²) in [5.74, 6) is 0. The molecule has 6 nitrogen and oxygen atoms in total. The first-order valence-electron chi connectivity index (χ1n) is 6.50. The highest BCUT2D eigenvalue weighted by Crippen LogP contribution is 2.33. The second-order valence-electron chi connectivity index (χ2n) is 4.53. The van der Waals surface area contributed by atoms with Crippen LogP contribution in [0.3, 0.4) is 0 Å². The molecule has 120 valence electrons. The zero-order valence-electron chi connectivity index (χ0n) is 11.9. The van der Waals surface area contributed by atoms with E-state index in [2.05, 4.69) is 6.58 Å². The van der Waals surface area contributed by atoms with Crippen LogP contribution in [0.4, 0.5) is 11.4 Å². The monoisotopic (exact) mass is 352 g/mol. The molecule has 0 fully saturated rings. The van der Waals surface area contributed by atoms with Gasteiger partial charge in [-0.15, -0.1) is 6.58 Å². The number of non-ortho nitro benzene ring substituents is 1. The van der Waals surface area contributed by atoms with Crippen molar-refractivity contribution in [3.05, 3.63) is 76.3 Å². The molecule has 0 radical (unpaired) electrons. The van der Waals surface area contributed by atoms with Gasteiger partial charge in [0.1, 0.15) is 0 Å². The van der Waals surface area contributed by atoms with Crippen molar-refractivity contribution in [2.24, 2.45) is 0 Å². The normalized spacial score (nSPS) is 11.0. The highest BCUT2D eigenvalue weighted by molar-refractivity contribution is 7.92. The lowest BCUT2D eigenvalue weighted by Gasteiger charge is -2.24. The summed E-state index contributed by atoms with van der Waals surface area (Å²) in [6, 6.07) is 11.4. The van der Waals surface area contributed by atoms with Crippen molar-refractivity contribution in [2.45, 2.75) is 4.90 Å². The molecular formula is C15H13ClN2O4S. The third-order valence-electron chi connectivity index (χ3n) is 3.04. The van der Waals surface area contributed by atoms with Crippen molar-refractivity contribution in [2.75, 3.05) is 10.8 Å². The van der Waals surface area contributed by atoms with Gasteiger partial charge in [0.05, 0.1) is 27.1 Å². The van der Waals surface area contributed by atoms with Crippen LogP contribution < -0.4 is 4.31 Å². The summed E-state index contributed by atoms with van der Waals surface area (Å²) >= 11 is 6.06. The molecule has 0 spiro atoms. The van der Waals surface area contributed by atoms with Crippen LogP contribution in [0.1, 0.15) is 0 Å². The Morgan fingerprint density at radius 2 is 1.87 bits per heavy atom. The van der Waals surface area contributed by atoms with Crippen LogP contribution in [0.5, 0.6) is 0 Å². The molecule has 0 saturated carbocycles. The maximum Gasteiger partial charge on any atom is 0.271 e. The van der Waals surface area contributed by atoms with Crippen LogP contribution in [0, 0.1) is 10.1 Å². The van der Waals surface area contributed by atoms with Gasteiger partial charge in [0, 0.05) is 12.1 Å². The average Bonchev–Trinajstić information content (AvgIpc) is 2.54. The van der Waals surface area contributed by atoms with Gasteiger partial charge in [0.2, 0.25) is 0 Å². The number of hydrogen-bond donors (Lipinski definition) is 0. The second-order valence-corrected chi connectivity index (χ2v) is 6.80. The van der Waals surface area contributed by atoms with Crippen molar-refractivity contribution >= 4 is 33.0 Å². The summed E-state index contributed by atoms with van der Waals surface area (Å²) in [5, 5.41) is 11.0. The van der Waals surface area contributed by atoms with Gasteiger partial charge in [-0.2, -0.15) is 0 Å². The topological polar surface area (TPSA) is 80.5 Å². The molecule has 0 unspecified atom stereocenters. The fourth-order valence-electron chi connectivity index (χ4n) is 1.97. The van der Waals surface area contributed by atoms with E-state index in [0.29, 0.717) is 0 Å². The van der Waals surface area contributed by atoms with Crippen molar-refractivity contribution in [1.29, 1.82) is 0 Å². The predicted octanol–water partition coefficient (Wildman–Crippen LogP) is 3.63. The quantitative estimate of drug-likeness (QED) is 0.451. The highest BCUT2D eigenvalue weighted by Gasteiger charge is 2.27. The third-order valence-corrected chi connectivity index (χ3v) is 5.15. The molecule has 0 aliphatic rings. The SMILES string of the molecule is C=CCN(c1cc([N+](=O)[O-])ccc1Cl)S(=O)(=O)c1ccccc1. The Morgan fingerprint density at radius 1 is 1.22 bits per heavy atom. The molecule has 2 rings (SSSR count).